The zero-order chi connectivity index (χ0) is 13.8. The van der Waals surface area contributed by atoms with Gasteiger partial charge in [0.1, 0.15) is 11.4 Å². The Morgan fingerprint density at radius 3 is 2.74 bits per heavy atom. The average Bonchev–Trinajstić information content (AvgIpc) is 2.39. The molecule has 0 atom stereocenters. The van der Waals surface area contributed by atoms with Crippen molar-refractivity contribution < 1.29 is 9.53 Å². The lowest BCUT2D eigenvalue weighted by atomic mass is 10.1. The van der Waals surface area contributed by atoms with Crippen molar-refractivity contribution in [1.29, 1.82) is 0 Å². The molecule has 0 aliphatic rings. The topological polar surface area (TPSA) is 39.2 Å². The van der Waals surface area contributed by atoms with Gasteiger partial charge >= 0.3 is 0 Å². The third kappa shape index (κ3) is 3.33. The summed E-state index contributed by atoms with van der Waals surface area (Å²) in [5, 5.41) is 0.362. The summed E-state index contributed by atoms with van der Waals surface area (Å²) in [6.07, 6.45) is 1.58. The molecular formula is C14H11BrClNO2. The van der Waals surface area contributed by atoms with Crippen molar-refractivity contribution in [2.75, 3.05) is 6.61 Å². The summed E-state index contributed by atoms with van der Waals surface area (Å²) < 4.78 is 6.15. The highest BCUT2D eigenvalue weighted by atomic mass is 79.9. The van der Waals surface area contributed by atoms with Crippen molar-refractivity contribution in [2.45, 2.75) is 6.92 Å². The second-order valence-electron chi connectivity index (χ2n) is 3.77. The van der Waals surface area contributed by atoms with Crippen LogP contribution in [0.2, 0.25) is 5.02 Å². The van der Waals surface area contributed by atoms with E-state index < -0.39 is 0 Å². The summed E-state index contributed by atoms with van der Waals surface area (Å²) in [7, 11) is 0. The van der Waals surface area contributed by atoms with Gasteiger partial charge in [-0.1, -0.05) is 11.6 Å². The first-order valence-corrected chi connectivity index (χ1v) is 6.87. The second-order valence-corrected chi connectivity index (χ2v) is 5.09. The maximum atomic E-state index is 12.2. The molecule has 0 radical (unpaired) electrons. The normalized spacial score (nSPS) is 10.3. The Morgan fingerprint density at radius 1 is 1.37 bits per heavy atom. The van der Waals surface area contributed by atoms with Crippen molar-refractivity contribution >= 4 is 33.3 Å². The van der Waals surface area contributed by atoms with Crippen molar-refractivity contribution in [3.63, 3.8) is 0 Å². The summed E-state index contributed by atoms with van der Waals surface area (Å²) in [6.45, 7) is 2.44. The fraction of sp³-hybridized carbons (Fsp3) is 0.143. The molecule has 5 heteroatoms. The summed E-state index contributed by atoms with van der Waals surface area (Å²) in [6, 6.07) is 8.43. The van der Waals surface area contributed by atoms with Crippen LogP contribution < -0.4 is 4.74 Å². The fourth-order valence-corrected chi connectivity index (χ4v) is 2.08. The first kappa shape index (κ1) is 14.0. The number of rotatable bonds is 4. The van der Waals surface area contributed by atoms with E-state index in [-0.39, 0.29) is 5.78 Å². The van der Waals surface area contributed by atoms with Gasteiger partial charge in [0.05, 0.1) is 11.6 Å². The second kappa shape index (κ2) is 6.17. The van der Waals surface area contributed by atoms with Crippen molar-refractivity contribution in [3.8, 4) is 5.75 Å². The maximum Gasteiger partial charge on any atom is 0.212 e. The van der Waals surface area contributed by atoms with Gasteiger partial charge in [-0.15, -0.1) is 0 Å². The van der Waals surface area contributed by atoms with Gasteiger partial charge in [0, 0.05) is 16.2 Å². The van der Waals surface area contributed by atoms with E-state index in [4.69, 9.17) is 16.3 Å². The Bertz CT molecular complexity index is 599. The van der Waals surface area contributed by atoms with Gasteiger partial charge in [-0.05, 0) is 53.2 Å². The minimum absolute atomic E-state index is 0.208. The molecule has 2 rings (SSSR count). The number of carbonyl (C=O) groups excluding carboxylic acids is 1. The van der Waals surface area contributed by atoms with Crippen LogP contribution >= 0.6 is 27.5 Å². The molecule has 0 N–H and O–H groups in total. The Hall–Kier alpha value is -1.39. The van der Waals surface area contributed by atoms with Gasteiger partial charge in [0.15, 0.2) is 0 Å². The minimum Gasteiger partial charge on any atom is -0.494 e. The Kier molecular flexibility index (Phi) is 4.56. The number of hydrogen-bond acceptors (Lipinski definition) is 3. The number of benzene rings is 1. The highest BCUT2D eigenvalue weighted by molar-refractivity contribution is 9.10. The molecule has 98 valence electrons. The van der Waals surface area contributed by atoms with Gasteiger partial charge in [-0.25, -0.2) is 0 Å². The van der Waals surface area contributed by atoms with E-state index in [0.717, 1.165) is 4.47 Å². The number of nitrogens with zero attached hydrogens (tertiary/aromatic N) is 1. The van der Waals surface area contributed by atoms with E-state index in [1.54, 1.807) is 36.5 Å². The summed E-state index contributed by atoms with van der Waals surface area (Å²) in [4.78, 5) is 16.3. The molecule has 1 heterocycles. The molecule has 1 aromatic carbocycles. The number of carbonyl (C=O) groups is 1. The van der Waals surface area contributed by atoms with Crippen molar-refractivity contribution in [1.82, 2.24) is 4.98 Å². The SMILES string of the molecule is CCOc1ccc(C(=O)c2ccc(Br)cn2)c(Cl)c1. The molecule has 3 nitrogen and oxygen atoms in total. The Balaban J connectivity index is 2.31. The highest BCUT2D eigenvalue weighted by Gasteiger charge is 2.14. The summed E-state index contributed by atoms with van der Waals surface area (Å²) >= 11 is 9.38. The smallest absolute Gasteiger partial charge is 0.212 e. The zero-order valence-corrected chi connectivity index (χ0v) is 12.5. The van der Waals surface area contributed by atoms with Crippen LogP contribution in [0.1, 0.15) is 23.0 Å². The van der Waals surface area contributed by atoms with Crippen LogP contribution in [0.15, 0.2) is 41.0 Å². The molecule has 0 fully saturated rings. The highest BCUT2D eigenvalue weighted by Crippen LogP contribution is 2.24. The van der Waals surface area contributed by atoms with Gasteiger partial charge in [-0.2, -0.15) is 0 Å². The average molecular weight is 341 g/mol. The van der Waals surface area contributed by atoms with Crippen molar-refractivity contribution in [3.05, 3.63) is 57.3 Å². The van der Waals surface area contributed by atoms with Crippen LogP contribution in [-0.2, 0) is 0 Å². The number of aromatic nitrogens is 1. The summed E-state index contributed by atoms with van der Waals surface area (Å²) in [5.74, 6) is 0.438. The molecular weight excluding hydrogens is 330 g/mol. The lowest BCUT2D eigenvalue weighted by Crippen LogP contribution is -2.05. The molecule has 19 heavy (non-hydrogen) atoms. The number of ether oxygens (including phenoxy) is 1. The van der Waals surface area contributed by atoms with Crippen LogP contribution in [-0.4, -0.2) is 17.4 Å². The molecule has 0 saturated carbocycles. The third-order valence-corrected chi connectivity index (χ3v) is 3.24. The number of hydrogen-bond donors (Lipinski definition) is 0. The standard InChI is InChI=1S/C14H11BrClNO2/c1-2-19-10-4-5-11(12(16)7-10)14(18)13-6-3-9(15)8-17-13/h3-8H,2H2,1H3. The molecule has 1 aromatic heterocycles. The fourth-order valence-electron chi connectivity index (χ4n) is 1.58. The van der Waals surface area contributed by atoms with E-state index in [2.05, 4.69) is 20.9 Å². The molecule has 0 bridgehead atoms. The predicted molar refractivity (Wildman–Crippen MR) is 78.0 cm³/mol. The van der Waals surface area contributed by atoms with Crippen molar-refractivity contribution in [2.24, 2.45) is 0 Å². The molecule has 0 aliphatic heterocycles. The van der Waals surface area contributed by atoms with Gasteiger partial charge in [-0.3, -0.25) is 9.78 Å². The van der Waals surface area contributed by atoms with Crippen LogP contribution in [0.4, 0.5) is 0 Å². The van der Waals surface area contributed by atoms with Crippen LogP contribution in [0, 0.1) is 0 Å². The number of pyridine rings is 1. The van der Waals surface area contributed by atoms with Crippen LogP contribution in [0.5, 0.6) is 5.75 Å². The van der Waals surface area contributed by atoms with E-state index in [1.165, 1.54) is 0 Å². The first-order valence-electron chi connectivity index (χ1n) is 5.70. The Morgan fingerprint density at radius 2 is 2.16 bits per heavy atom. The quantitative estimate of drug-likeness (QED) is 0.786. The number of halogens is 2. The number of ketones is 1. The minimum atomic E-state index is -0.208. The van der Waals surface area contributed by atoms with Gasteiger partial charge in [0.25, 0.3) is 0 Å². The van der Waals surface area contributed by atoms with E-state index >= 15 is 0 Å². The molecule has 0 unspecified atom stereocenters. The van der Waals surface area contributed by atoms with Crippen LogP contribution in [0.3, 0.4) is 0 Å². The zero-order valence-electron chi connectivity index (χ0n) is 10.2. The molecule has 0 amide bonds. The lowest BCUT2D eigenvalue weighted by Gasteiger charge is -2.07. The largest absolute Gasteiger partial charge is 0.494 e. The molecule has 0 aliphatic carbocycles. The van der Waals surface area contributed by atoms with E-state index in [1.807, 2.05) is 6.92 Å². The monoisotopic (exact) mass is 339 g/mol. The lowest BCUT2D eigenvalue weighted by molar-refractivity contribution is 0.103. The maximum absolute atomic E-state index is 12.2. The van der Waals surface area contributed by atoms with Crippen LogP contribution in [0.25, 0.3) is 0 Å². The first-order chi connectivity index (χ1) is 9.11. The predicted octanol–water partition coefficient (Wildman–Crippen LogP) is 4.13. The third-order valence-electron chi connectivity index (χ3n) is 2.46. The van der Waals surface area contributed by atoms with Gasteiger partial charge in [0.2, 0.25) is 5.78 Å². The van der Waals surface area contributed by atoms with E-state index in [9.17, 15) is 4.79 Å². The Labute approximate surface area is 124 Å². The molecule has 2 aromatic rings. The summed E-state index contributed by atoms with van der Waals surface area (Å²) in [5.41, 5.74) is 0.772. The molecule has 0 spiro atoms. The van der Waals surface area contributed by atoms with Gasteiger partial charge < -0.3 is 4.74 Å². The van der Waals surface area contributed by atoms with E-state index in [0.29, 0.717) is 28.6 Å². The molecule has 0 saturated heterocycles.